The molecule has 1 aromatic heterocycles. The molecular formula is C28H32O. The predicted molar refractivity (Wildman–Crippen MR) is 122 cm³/mol. The molecule has 2 atom stereocenters. The van der Waals surface area contributed by atoms with Crippen LogP contribution < -0.4 is 0 Å². The molecule has 1 heterocycles. The molecule has 0 aliphatic heterocycles. The molecule has 0 amide bonds. The topological polar surface area (TPSA) is 13.1 Å². The molecule has 0 aromatic carbocycles. The van der Waals surface area contributed by atoms with Gasteiger partial charge in [-0.25, -0.2) is 0 Å². The van der Waals surface area contributed by atoms with Crippen LogP contribution in [-0.2, 0) is 0 Å². The molecule has 1 aromatic rings. The second-order valence-corrected chi connectivity index (χ2v) is 11.5. The highest BCUT2D eigenvalue weighted by Gasteiger charge is 2.60. The molecule has 150 valence electrons. The maximum atomic E-state index is 5.83. The van der Waals surface area contributed by atoms with Gasteiger partial charge in [0.25, 0.3) is 0 Å². The van der Waals surface area contributed by atoms with Gasteiger partial charge < -0.3 is 4.42 Å². The van der Waals surface area contributed by atoms with Gasteiger partial charge in [-0.05, 0) is 44.3 Å². The summed E-state index contributed by atoms with van der Waals surface area (Å²) in [5.74, 6) is 0. The zero-order chi connectivity index (χ0) is 21.0. The van der Waals surface area contributed by atoms with Gasteiger partial charge in [-0.2, -0.15) is 0 Å². The SMILES string of the molecule is CC(C)(C)C1=CC2=CC=C3C=C(C(C)(C)C)C=C4c5cocc5C(=C1)[C@@]2(C)[C@@]34C. The lowest BCUT2D eigenvalue weighted by Gasteiger charge is -2.58. The van der Waals surface area contributed by atoms with E-state index in [0.717, 1.165) is 0 Å². The van der Waals surface area contributed by atoms with E-state index in [2.05, 4.69) is 91.8 Å². The van der Waals surface area contributed by atoms with Crippen LogP contribution in [-0.4, -0.2) is 0 Å². The quantitative estimate of drug-likeness (QED) is 0.443. The molecule has 29 heavy (non-hydrogen) atoms. The maximum absolute atomic E-state index is 5.83. The summed E-state index contributed by atoms with van der Waals surface area (Å²) in [5.41, 5.74) is 10.9. The van der Waals surface area contributed by atoms with Crippen LogP contribution in [0.1, 0.15) is 66.5 Å². The van der Waals surface area contributed by atoms with E-state index in [1.54, 1.807) is 0 Å². The lowest BCUT2D eigenvalue weighted by molar-refractivity contribution is 0.298. The third-order valence-corrected chi connectivity index (χ3v) is 7.87. The highest BCUT2D eigenvalue weighted by atomic mass is 16.3. The Morgan fingerprint density at radius 2 is 1.00 bits per heavy atom. The number of furan rings is 1. The van der Waals surface area contributed by atoms with Crippen LogP contribution >= 0.6 is 0 Å². The largest absolute Gasteiger partial charge is 0.471 e. The number of allylic oxidation sites excluding steroid dienone is 12. The van der Waals surface area contributed by atoms with Gasteiger partial charge in [-0.15, -0.1) is 0 Å². The van der Waals surface area contributed by atoms with Crippen molar-refractivity contribution < 1.29 is 4.42 Å². The highest BCUT2D eigenvalue weighted by molar-refractivity contribution is 5.98. The first-order valence-electron chi connectivity index (χ1n) is 10.8. The van der Waals surface area contributed by atoms with Gasteiger partial charge >= 0.3 is 0 Å². The zero-order valence-corrected chi connectivity index (χ0v) is 19.0. The van der Waals surface area contributed by atoms with E-state index < -0.39 is 0 Å². The van der Waals surface area contributed by atoms with Crippen LogP contribution in [0.4, 0.5) is 0 Å². The third kappa shape index (κ3) is 2.17. The van der Waals surface area contributed by atoms with E-state index in [1.807, 2.05) is 12.5 Å². The first kappa shape index (κ1) is 18.7. The fraction of sp³-hybridized carbons (Fsp3) is 0.429. The number of hydrogen-bond donors (Lipinski definition) is 0. The molecule has 0 radical (unpaired) electrons. The first-order valence-corrected chi connectivity index (χ1v) is 10.8. The summed E-state index contributed by atoms with van der Waals surface area (Å²) in [4.78, 5) is 0. The van der Waals surface area contributed by atoms with Crippen LogP contribution in [0.5, 0.6) is 0 Å². The van der Waals surface area contributed by atoms with E-state index in [9.17, 15) is 0 Å². The van der Waals surface area contributed by atoms with E-state index in [4.69, 9.17) is 4.42 Å². The molecule has 0 fully saturated rings. The molecule has 0 unspecified atom stereocenters. The second-order valence-electron chi connectivity index (χ2n) is 11.5. The minimum Gasteiger partial charge on any atom is -0.471 e. The second kappa shape index (κ2) is 5.25. The van der Waals surface area contributed by atoms with Crippen molar-refractivity contribution in [1.82, 2.24) is 0 Å². The molecular weight excluding hydrogens is 352 g/mol. The van der Waals surface area contributed by atoms with Crippen LogP contribution in [0.2, 0.25) is 0 Å². The third-order valence-electron chi connectivity index (χ3n) is 7.87. The maximum Gasteiger partial charge on any atom is 0.0984 e. The minimum atomic E-state index is -0.103. The Kier molecular flexibility index (Phi) is 3.39. The average molecular weight is 385 g/mol. The monoisotopic (exact) mass is 384 g/mol. The summed E-state index contributed by atoms with van der Waals surface area (Å²) < 4.78 is 5.83. The van der Waals surface area contributed by atoms with Crippen LogP contribution in [0.15, 0.2) is 75.7 Å². The fourth-order valence-corrected chi connectivity index (χ4v) is 5.62. The number of hydrogen-bond acceptors (Lipinski definition) is 1. The smallest absolute Gasteiger partial charge is 0.0984 e. The van der Waals surface area contributed by atoms with Gasteiger partial charge in [0.15, 0.2) is 0 Å². The Hall–Kier alpha value is -2.28. The van der Waals surface area contributed by atoms with Crippen molar-refractivity contribution >= 4 is 11.1 Å². The molecule has 0 N–H and O–H groups in total. The normalized spacial score (nSPS) is 30.2. The van der Waals surface area contributed by atoms with Gasteiger partial charge in [0.2, 0.25) is 0 Å². The van der Waals surface area contributed by atoms with Crippen molar-refractivity contribution in [2.75, 3.05) is 0 Å². The van der Waals surface area contributed by atoms with Crippen molar-refractivity contribution in [3.63, 3.8) is 0 Å². The minimum absolute atomic E-state index is 0.103. The Bertz CT molecular complexity index is 1040. The van der Waals surface area contributed by atoms with Gasteiger partial charge in [0.05, 0.1) is 12.5 Å². The summed E-state index contributed by atoms with van der Waals surface area (Å²) in [6, 6.07) is 0. The van der Waals surface area contributed by atoms with E-state index in [-0.39, 0.29) is 21.7 Å². The Morgan fingerprint density at radius 1 is 0.621 bits per heavy atom. The van der Waals surface area contributed by atoms with Crippen molar-refractivity contribution in [2.45, 2.75) is 55.4 Å². The summed E-state index contributed by atoms with van der Waals surface area (Å²) in [5, 5.41) is 0. The van der Waals surface area contributed by atoms with Crippen LogP contribution in [0.25, 0.3) is 11.1 Å². The molecule has 0 bridgehead atoms. The van der Waals surface area contributed by atoms with Crippen molar-refractivity contribution in [2.24, 2.45) is 21.7 Å². The molecule has 5 rings (SSSR count). The molecule has 4 aliphatic carbocycles. The molecule has 1 heteroatoms. The van der Waals surface area contributed by atoms with Gasteiger partial charge in [-0.1, -0.05) is 91.8 Å². The predicted octanol–water partition coefficient (Wildman–Crippen LogP) is 7.91. The summed E-state index contributed by atoms with van der Waals surface area (Å²) in [6.07, 6.45) is 18.4. The van der Waals surface area contributed by atoms with E-state index in [0.29, 0.717) is 0 Å². The van der Waals surface area contributed by atoms with Gasteiger partial charge in [0.1, 0.15) is 0 Å². The zero-order valence-electron chi connectivity index (χ0n) is 19.0. The molecule has 0 spiro atoms. The Morgan fingerprint density at radius 3 is 1.34 bits per heavy atom. The molecule has 0 saturated heterocycles. The van der Waals surface area contributed by atoms with Crippen molar-refractivity contribution in [3.8, 4) is 0 Å². The Labute approximate surface area is 175 Å². The summed E-state index contributed by atoms with van der Waals surface area (Å²) in [6.45, 7) is 18.7. The molecule has 0 saturated carbocycles. The van der Waals surface area contributed by atoms with Crippen molar-refractivity contribution in [1.29, 1.82) is 0 Å². The van der Waals surface area contributed by atoms with E-state index >= 15 is 0 Å². The fourth-order valence-electron chi connectivity index (χ4n) is 5.62. The molecule has 1 nitrogen and oxygen atoms in total. The van der Waals surface area contributed by atoms with E-state index in [1.165, 1.54) is 44.6 Å². The highest BCUT2D eigenvalue weighted by Crippen LogP contribution is 2.71. The standard InChI is InChI=1S/C28H32O/c1-25(2,3)19-11-17-9-10-18-12-20(26(4,5)6)14-24-22-16-29-15-21(22)23(13-19)27(17,7)28(18,24)8/h9-16H,1-8H3/t27-,28-/m0/s1. The van der Waals surface area contributed by atoms with Gasteiger partial charge in [0, 0.05) is 22.0 Å². The number of fused-ring (bicyclic) bond motifs is 3. The van der Waals surface area contributed by atoms with Crippen LogP contribution in [0, 0.1) is 21.7 Å². The van der Waals surface area contributed by atoms with Gasteiger partial charge in [-0.3, -0.25) is 0 Å². The Balaban J connectivity index is 1.90. The number of rotatable bonds is 0. The average Bonchev–Trinajstić information content (AvgIpc) is 3.07. The van der Waals surface area contributed by atoms with Crippen LogP contribution in [0.3, 0.4) is 0 Å². The lowest BCUT2D eigenvalue weighted by Crippen LogP contribution is -2.48. The summed E-state index contributed by atoms with van der Waals surface area (Å²) in [7, 11) is 0. The molecule has 4 aliphatic rings. The first-order chi connectivity index (χ1) is 13.4. The lowest BCUT2D eigenvalue weighted by atomic mass is 9.43. The van der Waals surface area contributed by atoms with Crippen molar-refractivity contribution in [3.05, 3.63) is 82.4 Å². The summed E-state index contributed by atoms with van der Waals surface area (Å²) >= 11 is 0.